The molecule has 0 aliphatic rings. The van der Waals surface area contributed by atoms with Crippen LogP contribution in [0.2, 0.25) is 0 Å². The van der Waals surface area contributed by atoms with Crippen LogP contribution in [0.25, 0.3) is 22.4 Å². The smallest absolute Gasteiger partial charge is 0.277 e. The molecule has 3 rings (SSSR count). The third kappa shape index (κ3) is 4.51. The molecule has 0 saturated carbocycles. The Morgan fingerprint density at radius 3 is 2.80 bits per heavy atom. The molecule has 160 valence electrons. The summed E-state index contributed by atoms with van der Waals surface area (Å²) < 4.78 is 7.41. The van der Waals surface area contributed by atoms with Crippen LogP contribution in [0, 0.1) is 0 Å². The molecule has 0 aliphatic heterocycles. The maximum absolute atomic E-state index is 12.8. The number of aliphatic imine (C=N–C) groups is 1. The van der Waals surface area contributed by atoms with Crippen LogP contribution in [0.1, 0.15) is 32.9 Å². The molecule has 0 saturated heterocycles. The van der Waals surface area contributed by atoms with Crippen molar-refractivity contribution in [2.45, 2.75) is 33.6 Å². The van der Waals surface area contributed by atoms with Gasteiger partial charge in [0.05, 0.1) is 17.9 Å². The van der Waals surface area contributed by atoms with Gasteiger partial charge >= 0.3 is 0 Å². The number of thioether (sulfide) groups is 1. The summed E-state index contributed by atoms with van der Waals surface area (Å²) in [5, 5.41) is 8.63. The van der Waals surface area contributed by atoms with Crippen LogP contribution in [0.5, 0.6) is 5.75 Å². The molecule has 9 heteroatoms. The largest absolute Gasteiger partial charge is 0.493 e. The number of benzene rings is 1. The minimum absolute atomic E-state index is 0.217. The predicted molar refractivity (Wildman–Crippen MR) is 125 cm³/mol. The van der Waals surface area contributed by atoms with Crippen LogP contribution < -0.4 is 15.6 Å². The lowest BCUT2D eigenvalue weighted by atomic mass is 10.1. The highest BCUT2D eigenvalue weighted by Crippen LogP contribution is 2.31. The summed E-state index contributed by atoms with van der Waals surface area (Å²) in [5.74, 6) is 1.12. The average molecular weight is 429 g/mol. The van der Waals surface area contributed by atoms with E-state index in [9.17, 15) is 4.79 Å². The number of nitrogens with zero attached hydrogens (tertiary/aromatic N) is 4. The molecule has 2 heterocycles. The average Bonchev–Trinajstić information content (AvgIpc) is 3.05. The first kappa shape index (κ1) is 21.9. The van der Waals surface area contributed by atoms with Crippen LogP contribution in [0.15, 0.2) is 28.0 Å². The minimum Gasteiger partial charge on any atom is -0.493 e. The number of H-pyrrole nitrogens is 1. The number of aryl methyl sites for hydroxylation is 2. The van der Waals surface area contributed by atoms with Gasteiger partial charge in [0.25, 0.3) is 5.56 Å². The Morgan fingerprint density at radius 2 is 2.13 bits per heavy atom. The van der Waals surface area contributed by atoms with Gasteiger partial charge in [-0.15, -0.1) is 0 Å². The lowest BCUT2D eigenvalue weighted by Gasteiger charge is -2.13. The predicted octanol–water partition coefficient (Wildman–Crippen LogP) is 3.83. The summed E-state index contributed by atoms with van der Waals surface area (Å²) in [5.41, 5.74) is 3.28. The van der Waals surface area contributed by atoms with E-state index >= 15 is 0 Å². The normalized spacial score (nSPS) is 11.8. The van der Waals surface area contributed by atoms with Crippen molar-refractivity contribution in [3.05, 3.63) is 34.2 Å². The molecule has 30 heavy (non-hydrogen) atoms. The summed E-state index contributed by atoms with van der Waals surface area (Å²) in [6.45, 7) is 7.20. The van der Waals surface area contributed by atoms with E-state index in [0.717, 1.165) is 29.4 Å². The van der Waals surface area contributed by atoms with Crippen molar-refractivity contribution >= 4 is 33.7 Å². The first-order valence-corrected chi connectivity index (χ1v) is 11.3. The number of hydrogen-bond acceptors (Lipinski definition) is 6. The monoisotopic (exact) mass is 428 g/mol. The van der Waals surface area contributed by atoms with Crippen molar-refractivity contribution in [1.29, 1.82) is 0 Å². The fraction of sp³-hybridized carbons (Fsp3) is 0.429. The molecule has 0 spiro atoms. The van der Waals surface area contributed by atoms with E-state index in [1.165, 1.54) is 0 Å². The molecular formula is C21H28N6O2S. The second-order valence-electron chi connectivity index (χ2n) is 6.68. The molecule has 0 radical (unpaired) electrons. The fourth-order valence-corrected chi connectivity index (χ4v) is 3.75. The van der Waals surface area contributed by atoms with Crippen molar-refractivity contribution in [2.24, 2.45) is 12.0 Å². The Morgan fingerprint density at radius 1 is 1.33 bits per heavy atom. The number of hydrogen-bond donors (Lipinski definition) is 2. The summed E-state index contributed by atoms with van der Waals surface area (Å²) in [7, 11) is 1.77. The second-order valence-corrected chi connectivity index (χ2v) is 7.48. The number of aromatic amines is 1. The van der Waals surface area contributed by atoms with E-state index in [4.69, 9.17) is 9.72 Å². The Balaban J connectivity index is 2.16. The van der Waals surface area contributed by atoms with Crippen molar-refractivity contribution in [3.8, 4) is 17.1 Å². The molecule has 2 N–H and O–H groups in total. The topological polar surface area (TPSA) is 97.2 Å². The first-order chi connectivity index (χ1) is 14.5. The molecule has 0 atom stereocenters. The number of rotatable bonds is 7. The van der Waals surface area contributed by atoms with Gasteiger partial charge in [-0.3, -0.25) is 14.5 Å². The van der Waals surface area contributed by atoms with E-state index in [1.807, 2.05) is 38.3 Å². The van der Waals surface area contributed by atoms with Gasteiger partial charge in [0.2, 0.25) is 0 Å². The third-order valence-electron chi connectivity index (χ3n) is 4.53. The maximum Gasteiger partial charge on any atom is 0.277 e. The van der Waals surface area contributed by atoms with Crippen LogP contribution in [-0.2, 0) is 13.5 Å². The second kappa shape index (κ2) is 9.80. The molecule has 0 amide bonds. The molecule has 1 aromatic carbocycles. The summed E-state index contributed by atoms with van der Waals surface area (Å²) in [4.78, 5) is 25.0. The van der Waals surface area contributed by atoms with E-state index < -0.39 is 0 Å². The number of ether oxygens (including phenoxy) is 1. The zero-order valence-corrected chi connectivity index (χ0v) is 18.9. The van der Waals surface area contributed by atoms with E-state index in [2.05, 4.69) is 27.3 Å². The molecule has 3 aromatic rings. The molecular weight excluding hydrogens is 400 g/mol. The third-order valence-corrected chi connectivity index (χ3v) is 5.15. The Hall–Kier alpha value is -2.81. The zero-order valence-electron chi connectivity index (χ0n) is 18.1. The molecule has 2 aromatic heterocycles. The fourth-order valence-electron chi connectivity index (χ4n) is 3.28. The lowest BCUT2D eigenvalue weighted by Crippen LogP contribution is -2.13. The van der Waals surface area contributed by atoms with Gasteiger partial charge in [0, 0.05) is 19.3 Å². The van der Waals surface area contributed by atoms with Gasteiger partial charge in [0.15, 0.2) is 10.7 Å². The highest BCUT2D eigenvalue weighted by atomic mass is 32.2. The highest BCUT2D eigenvalue weighted by Gasteiger charge is 2.18. The van der Waals surface area contributed by atoms with Gasteiger partial charge < -0.3 is 15.0 Å². The molecule has 0 fully saturated rings. The molecule has 0 unspecified atom stereocenters. The van der Waals surface area contributed by atoms with Gasteiger partial charge in [-0.2, -0.15) is 5.10 Å². The molecule has 8 nitrogen and oxygen atoms in total. The first-order valence-electron chi connectivity index (χ1n) is 10.1. The standard InChI is InChI=1S/C21H28N6O2S/c1-6-9-15-17-18(27(4)26-15)20(28)25-19(24-17)14-12-13(10-11-16(14)29-8-3)23-21(30-5)22-7-2/h10-12H,6-9H2,1-5H3,(H,22,23)(H,24,25,28). The van der Waals surface area contributed by atoms with E-state index in [-0.39, 0.29) is 5.56 Å². The van der Waals surface area contributed by atoms with Crippen LogP contribution in [0.3, 0.4) is 0 Å². The number of fused-ring (bicyclic) bond motifs is 1. The quantitative estimate of drug-likeness (QED) is 0.439. The highest BCUT2D eigenvalue weighted by molar-refractivity contribution is 8.13. The molecule has 0 aliphatic carbocycles. The maximum atomic E-state index is 12.8. The van der Waals surface area contributed by atoms with E-state index in [1.54, 1.807) is 23.5 Å². The van der Waals surface area contributed by atoms with Gasteiger partial charge in [-0.25, -0.2) is 4.98 Å². The Kier molecular flexibility index (Phi) is 7.15. The van der Waals surface area contributed by atoms with Crippen LogP contribution in [0.4, 0.5) is 5.69 Å². The molecule has 0 bridgehead atoms. The Labute approximate surface area is 180 Å². The zero-order chi connectivity index (χ0) is 21.7. The van der Waals surface area contributed by atoms with Crippen LogP contribution in [-0.4, -0.2) is 44.3 Å². The Bertz CT molecular complexity index is 1120. The number of anilines is 1. The summed E-state index contributed by atoms with van der Waals surface area (Å²) >= 11 is 1.54. The van der Waals surface area contributed by atoms with Crippen molar-refractivity contribution in [3.63, 3.8) is 0 Å². The number of aromatic nitrogens is 4. The van der Waals surface area contributed by atoms with Gasteiger partial charge in [-0.1, -0.05) is 25.1 Å². The van der Waals surface area contributed by atoms with Crippen LogP contribution >= 0.6 is 11.8 Å². The van der Waals surface area contributed by atoms with Crippen molar-refractivity contribution in [2.75, 3.05) is 24.7 Å². The van der Waals surface area contributed by atoms with Crippen molar-refractivity contribution in [1.82, 2.24) is 19.7 Å². The summed E-state index contributed by atoms with van der Waals surface area (Å²) in [6, 6.07) is 5.73. The number of amidine groups is 1. The number of nitrogens with one attached hydrogen (secondary N) is 2. The van der Waals surface area contributed by atoms with E-state index in [0.29, 0.717) is 41.3 Å². The van der Waals surface area contributed by atoms with Crippen molar-refractivity contribution < 1.29 is 4.74 Å². The van der Waals surface area contributed by atoms with Gasteiger partial charge in [-0.05, 0) is 44.7 Å². The summed E-state index contributed by atoms with van der Waals surface area (Å²) in [6.07, 6.45) is 3.66. The minimum atomic E-state index is -0.217. The SMILES string of the molecule is CCCc1nn(C)c2c(=O)[nH]c(-c3cc(NC(=NCC)SC)ccc3OCC)nc12. The lowest BCUT2D eigenvalue weighted by molar-refractivity contribution is 0.341. The van der Waals surface area contributed by atoms with Gasteiger partial charge in [0.1, 0.15) is 17.1 Å².